The first-order valence-corrected chi connectivity index (χ1v) is 6.83. The van der Waals surface area contributed by atoms with E-state index in [0.29, 0.717) is 0 Å². The summed E-state index contributed by atoms with van der Waals surface area (Å²) in [6.45, 7) is 4.23. The third-order valence-electron chi connectivity index (χ3n) is 3.54. The lowest BCUT2D eigenvalue weighted by Gasteiger charge is -2.09. The molecule has 1 aromatic heterocycles. The van der Waals surface area contributed by atoms with Crippen LogP contribution in [0, 0.1) is 13.8 Å². The van der Waals surface area contributed by atoms with Crippen LogP contribution in [0.25, 0.3) is 22.4 Å². The SMILES string of the molecule is Cc1ccnc(-c2cc(-c3ccccc3)ccc2C)c1. The fourth-order valence-corrected chi connectivity index (χ4v) is 2.39. The van der Waals surface area contributed by atoms with Gasteiger partial charge in [-0.05, 0) is 54.3 Å². The first-order chi connectivity index (χ1) is 9.74. The zero-order valence-corrected chi connectivity index (χ0v) is 11.8. The van der Waals surface area contributed by atoms with E-state index in [1.807, 2.05) is 18.3 Å². The molecule has 0 fully saturated rings. The molecule has 20 heavy (non-hydrogen) atoms. The van der Waals surface area contributed by atoms with Crippen LogP contribution in [0.15, 0.2) is 66.9 Å². The van der Waals surface area contributed by atoms with Crippen LogP contribution in [0.5, 0.6) is 0 Å². The third-order valence-corrected chi connectivity index (χ3v) is 3.54. The highest BCUT2D eigenvalue weighted by Crippen LogP contribution is 2.28. The second-order valence-electron chi connectivity index (χ2n) is 5.11. The molecule has 3 rings (SSSR count). The summed E-state index contributed by atoms with van der Waals surface area (Å²) in [4.78, 5) is 4.51. The minimum absolute atomic E-state index is 1.04. The normalized spacial score (nSPS) is 10.5. The quantitative estimate of drug-likeness (QED) is 0.628. The minimum atomic E-state index is 1.04. The first kappa shape index (κ1) is 12.6. The van der Waals surface area contributed by atoms with Crippen molar-refractivity contribution in [2.24, 2.45) is 0 Å². The molecule has 1 heterocycles. The Morgan fingerprint density at radius 3 is 2.30 bits per heavy atom. The van der Waals surface area contributed by atoms with E-state index in [0.717, 1.165) is 5.69 Å². The summed E-state index contributed by atoms with van der Waals surface area (Å²) in [5.74, 6) is 0. The average molecular weight is 259 g/mol. The Labute approximate surface area is 119 Å². The summed E-state index contributed by atoms with van der Waals surface area (Å²) in [6.07, 6.45) is 1.87. The number of pyridine rings is 1. The van der Waals surface area contributed by atoms with Gasteiger partial charge < -0.3 is 0 Å². The van der Waals surface area contributed by atoms with Crippen LogP contribution < -0.4 is 0 Å². The number of benzene rings is 2. The Bertz CT molecular complexity index is 730. The number of hydrogen-bond acceptors (Lipinski definition) is 1. The van der Waals surface area contributed by atoms with Crippen LogP contribution in [0.2, 0.25) is 0 Å². The van der Waals surface area contributed by atoms with Gasteiger partial charge in [-0.2, -0.15) is 0 Å². The van der Waals surface area contributed by atoms with E-state index in [4.69, 9.17) is 0 Å². The Morgan fingerprint density at radius 1 is 0.750 bits per heavy atom. The molecule has 98 valence electrons. The molecule has 1 heteroatoms. The smallest absolute Gasteiger partial charge is 0.0707 e. The number of rotatable bonds is 2. The molecule has 0 aliphatic rings. The van der Waals surface area contributed by atoms with Crippen molar-refractivity contribution >= 4 is 0 Å². The Kier molecular flexibility index (Phi) is 3.34. The number of aromatic nitrogens is 1. The fraction of sp³-hybridized carbons (Fsp3) is 0.105. The van der Waals surface area contributed by atoms with E-state index < -0.39 is 0 Å². The second kappa shape index (κ2) is 5.30. The van der Waals surface area contributed by atoms with Crippen molar-refractivity contribution in [3.8, 4) is 22.4 Å². The van der Waals surface area contributed by atoms with Gasteiger partial charge in [0.05, 0.1) is 5.69 Å². The highest BCUT2D eigenvalue weighted by Gasteiger charge is 2.06. The van der Waals surface area contributed by atoms with Crippen molar-refractivity contribution < 1.29 is 0 Å². The highest BCUT2D eigenvalue weighted by atomic mass is 14.7. The second-order valence-corrected chi connectivity index (χ2v) is 5.11. The van der Waals surface area contributed by atoms with Gasteiger partial charge in [0.2, 0.25) is 0 Å². The van der Waals surface area contributed by atoms with E-state index in [-0.39, 0.29) is 0 Å². The van der Waals surface area contributed by atoms with Crippen molar-refractivity contribution in [2.45, 2.75) is 13.8 Å². The molecule has 0 aliphatic heterocycles. The topological polar surface area (TPSA) is 12.9 Å². The maximum Gasteiger partial charge on any atom is 0.0707 e. The molecule has 1 nitrogen and oxygen atoms in total. The first-order valence-electron chi connectivity index (χ1n) is 6.83. The monoisotopic (exact) mass is 259 g/mol. The van der Waals surface area contributed by atoms with Gasteiger partial charge in [-0.1, -0.05) is 42.5 Å². The van der Waals surface area contributed by atoms with Gasteiger partial charge in [-0.3, -0.25) is 4.98 Å². The summed E-state index contributed by atoms with van der Waals surface area (Å²) < 4.78 is 0. The predicted molar refractivity (Wildman–Crippen MR) is 84.6 cm³/mol. The van der Waals surface area contributed by atoms with E-state index in [1.165, 1.54) is 27.8 Å². The zero-order valence-electron chi connectivity index (χ0n) is 11.8. The lowest BCUT2D eigenvalue weighted by Crippen LogP contribution is -1.89. The van der Waals surface area contributed by atoms with Gasteiger partial charge in [0, 0.05) is 11.8 Å². The predicted octanol–water partition coefficient (Wildman–Crippen LogP) is 5.03. The van der Waals surface area contributed by atoms with Crippen LogP contribution in [-0.4, -0.2) is 4.98 Å². The molecule has 0 unspecified atom stereocenters. The maximum atomic E-state index is 4.51. The van der Waals surface area contributed by atoms with Crippen molar-refractivity contribution in [3.05, 3.63) is 78.0 Å². The third kappa shape index (κ3) is 2.48. The molecule has 0 saturated carbocycles. The van der Waals surface area contributed by atoms with Gasteiger partial charge in [0.1, 0.15) is 0 Å². The molecular formula is C19H17N. The summed E-state index contributed by atoms with van der Waals surface area (Å²) >= 11 is 0. The molecule has 0 spiro atoms. The number of nitrogens with zero attached hydrogens (tertiary/aromatic N) is 1. The summed E-state index contributed by atoms with van der Waals surface area (Å²) in [6, 6.07) is 21.2. The highest BCUT2D eigenvalue weighted by molar-refractivity contribution is 5.73. The molecule has 0 atom stereocenters. The minimum Gasteiger partial charge on any atom is -0.256 e. The lowest BCUT2D eigenvalue weighted by atomic mass is 9.97. The Hall–Kier alpha value is -2.41. The molecule has 0 amide bonds. The van der Waals surface area contributed by atoms with E-state index >= 15 is 0 Å². The molecule has 0 radical (unpaired) electrons. The van der Waals surface area contributed by atoms with Crippen molar-refractivity contribution in [1.82, 2.24) is 4.98 Å². The summed E-state index contributed by atoms with van der Waals surface area (Å²) in [7, 11) is 0. The van der Waals surface area contributed by atoms with Crippen molar-refractivity contribution in [3.63, 3.8) is 0 Å². The van der Waals surface area contributed by atoms with Crippen molar-refractivity contribution in [1.29, 1.82) is 0 Å². The number of aryl methyl sites for hydroxylation is 2. The lowest BCUT2D eigenvalue weighted by molar-refractivity contribution is 1.27. The largest absolute Gasteiger partial charge is 0.256 e. The molecule has 0 saturated heterocycles. The van der Waals surface area contributed by atoms with Gasteiger partial charge in [-0.15, -0.1) is 0 Å². The molecule has 0 N–H and O–H groups in total. The van der Waals surface area contributed by atoms with E-state index in [1.54, 1.807) is 0 Å². The molecule has 0 bridgehead atoms. The van der Waals surface area contributed by atoms with Crippen LogP contribution in [0.4, 0.5) is 0 Å². The van der Waals surface area contributed by atoms with Gasteiger partial charge >= 0.3 is 0 Å². The van der Waals surface area contributed by atoms with Crippen LogP contribution in [-0.2, 0) is 0 Å². The van der Waals surface area contributed by atoms with Crippen LogP contribution >= 0.6 is 0 Å². The molecule has 3 aromatic rings. The van der Waals surface area contributed by atoms with Crippen LogP contribution in [0.1, 0.15) is 11.1 Å². The van der Waals surface area contributed by atoms with Crippen molar-refractivity contribution in [2.75, 3.05) is 0 Å². The molecular weight excluding hydrogens is 242 g/mol. The van der Waals surface area contributed by atoms with Gasteiger partial charge in [0.25, 0.3) is 0 Å². The summed E-state index contributed by atoms with van der Waals surface area (Å²) in [5.41, 5.74) is 7.20. The summed E-state index contributed by atoms with van der Waals surface area (Å²) in [5, 5.41) is 0. The average Bonchev–Trinajstić information content (AvgIpc) is 2.48. The van der Waals surface area contributed by atoms with E-state index in [2.05, 4.69) is 67.4 Å². The Balaban J connectivity index is 2.12. The standard InChI is InChI=1S/C19H17N/c1-14-10-11-20-19(12-14)18-13-17(9-8-15(18)2)16-6-4-3-5-7-16/h3-13H,1-2H3. The maximum absolute atomic E-state index is 4.51. The fourth-order valence-electron chi connectivity index (χ4n) is 2.39. The molecule has 2 aromatic carbocycles. The Morgan fingerprint density at radius 2 is 1.55 bits per heavy atom. The van der Waals surface area contributed by atoms with Crippen LogP contribution in [0.3, 0.4) is 0 Å². The number of hydrogen-bond donors (Lipinski definition) is 0. The molecule has 0 aliphatic carbocycles. The van der Waals surface area contributed by atoms with Gasteiger partial charge in [-0.25, -0.2) is 0 Å². The van der Waals surface area contributed by atoms with E-state index in [9.17, 15) is 0 Å². The van der Waals surface area contributed by atoms with Gasteiger partial charge in [0.15, 0.2) is 0 Å². The zero-order chi connectivity index (χ0) is 13.9.